The molecule has 0 unspecified atom stereocenters. The Hall–Kier alpha value is -3.28. The van der Waals surface area contributed by atoms with Crippen LogP contribution in [0.1, 0.15) is 5.56 Å². The van der Waals surface area contributed by atoms with Gasteiger partial charge in [0.05, 0.1) is 34.0 Å². The number of sulfonamides is 1. The van der Waals surface area contributed by atoms with Gasteiger partial charge < -0.3 is 4.42 Å². The number of hydrogen-bond acceptors (Lipinski definition) is 6. The molecule has 0 saturated carbocycles. The Morgan fingerprint density at radius 3 is 2.67 bits per heavy atom. The number of aromatic nitrogens is 1. The molecule has 148 valence electrons. The van der Waals surface area contributed by atoms with Gasteiger partial charge in [-0.1, -0.05) is 18.2 Å². The number of nitrogens with zero attached hydrogens (tertiary/aromatic N) is 3. The van der Waals surface area contributed by atoms with Crippen molar-refractivity contribution < 1.29 is 12.8 Å². The molecule has 0 amide bonds. The van der Waals surface area contributed by atoms with E-state index in [0.717, 1.165) is 21.4 Å². The van der Waals surface area contributed by atoms with Gasteiger partial charge in [-0.15, -0.1) is 11.8 Å². The summed E-state index contributed by atoms with van der Waals surface area (Å²) < 4.78 is 34.0. The summed E-state index contributed by atoms with van der Waals surface area (Å²) in [6.07, 6.45) is 3.29. The second-order valence-electron chi connectivity index (χ2n) is 6.75. The molecule has 0 bridgehead atoms. The lowest BCUT2D eigenvalue weighted by atomic mass is 10.2. The average Bonchev–Trinajstić information content (AvgIpc) is 3.22. The largest absolute Gasteiger partial charge is 0.456 e. The van der Waals surface area contributed by atoms with Gasteiger partial charge in [0, 0.05) is 28.8 Å². The Labute approximate surface area is 177 Å². The van der Waals surface area contributed by atoms with Crippen LogP contribution < -0.4 is 4.31 Å². The van der Waals surface area contributed by atoms with Gasteiger partial charge in [-0.05, 0) is 36.4 Å². The van der Waals surface area contributed by atoms with Crippen LogP contribution in [0.4, 0.5) is 5.69 Å². The van der Waals surface area contributed by atoms with E-state index in [1.54, 1.807) is 24.2 Å². The number of hydrogen-bond donors (Lipinski definition) is 0. The molecule has 0 N–H and O–H groups in total. The lowest BCUT2D eigenvalue weighted by Crippen LogP contribution is -2.35. The first-order valence-corrected chi connectivity index (χ1v) is 11.6. The van der Waals surface area contributed by atoms with E-state index in [-0.39, 0.29) is 4.90 Å². The smallest absolute Gasteiger partial charge is 0.264 e. The zero-order valence-electron chi connectivity index (χ0n) is 15.6. The molecule has 30 heavy (non-hydrogen) atoms. The molecule has 2 aromatic carbocycles. The maximum atomic E-state index is 13.3. The van der Waals surface area contributed by atoms with Crippen molar-refractivity contribution in [2.24, 2.45) is 0 Å². The molecule has 5 rings (SSSR count). The first kappa shape index (κ1) is 18.7. The molecule has 0 radical (unpaired) electrons. The molecular weight excluding hydrogens is 418 g/mol. The lowest BCUT2D eigenvalue weighted by Gasteiger charge is -2.30. The van der Waals surface area contributed by atoms with Gasteiger partial charge in [-0.3, -0.25) is 9.29 Å². The average molecular weight is 434 g/mol. The highest BCUT2D eigenvalue weighted by molar-refractivity contribution is 8.00. The second kappa shape index (κ2) is 7.20. The predicted molar refractivity (Wildman–Crippen MR) is 116 cm³/mol. The summed E-state index contributed by atoms with van der Waals surface area (Å²) in [5.74, 6) is 1.27. The maximum absolute atomic E-state index is 13.3. The van der Waals surface area contributed by atoms with Crippen molar-refractivity contribution in [3.8, 4) is 17.4 Å². The molecule has 6 nitrogen and oxygen atoms in total. The number of nitriles is 1. The van der Waals surface area contributed by atoms with Crippen molar-refractivity contribution in [3.63, 3.8) is 0 Å². The first-order chi connectivity index (χ1) is 14.6. The van der Waals surface area contributed by atoms with Gasteiger partial charge in [0.1, 0.15) is 11.3 Å². The molecule has 0 spiro atoms. The van der Waals surface area contributed by atoms with E-state index in [4.69, 9.17) is 9.68 Å². The molecule has 0 atom stereocenters. The quantitative estimate of drug-likeness (QED) is 0.467. The molecule has 2 aromatic heterocycles. The van der Waals surface area contributed by atoms with E-state index >= 15 is 0 Å². The fourth-order valence-electron chi connectivity index (χ4n) is 3.49. The highest BCUT2D eigenvalue weighted by Gasteiger charge is 2.31. The third-order valence-electron chi connectivity index (χ3n) is 4.95. The number of pyridine rings is 1. The SMILES string of the molecule is N#Cc1ccc(S(=O)(=O)N2CCSc3c(-c4cc5ccccc5o4)cncc32)cc1. The number of rotatable bonds is 3. The van der Waals surface area contributed by atoms with Crippen LogP contribution in [-0.2, 0) is 10.0 Å². The number of anilines is 1. The molecular formula is C22H15N3O3S2. The third kappa shape index (κ3) is 3.03. The van der Waals surface area contributed by atoms with Crippen LogP contribution in [-0.4, -0.2) is 25.7 Å². The van der Waals surface area contributed by atoms with Crippen molar-refractivity contribution in [1.82, 2.24) is 4.98 Å². The predicted octanol–water partition coefficient (Wildman–Crippen LogP) is 4.67. The molecule has 0 fully saturated rings. The number of thioether (sulfide) groups is 1. The molecule has 0 aliphatic carbocycles. The van der Waals surface area contributed by atoms with Crippen molar-refractivity contribution >= 4 is 38.4 Å². The summed E-state index contributed by atoms with van der Waals surface area (Å²) >= 11 is 1.59. The number of furan rings is 1. The summed E-state index contributed by atoms with van der Waals surface area (Å²) in [7, 11) is -3.78. The van der Waals surface area contributed by atoms with E-state index < -0.39 is 10.0 Å². The maximum Gasteiger partial charge on any atom is 0.264 e. The highest BCUT2D eigenvalue weighted by atomic mass is 32.2. The van der Waals surface area contributed by atoms with Gasteiger partial charge >= 0.3 is 0 Å². The van der Waals surface area contributed by atoms with E-state index in [1.165, 1.54) is 28.6 Å². The molecule has 1 aliphatic heterocycles. The Morgan fingerprint density at radius 1 is 1.10 bits per heavy atom. The Morgan fingerprint density at radius 2 is 1.90 bits per heavy atom. The van der Waals surface area contributed by atoms with Crippen LogP contribution in [0.3, 0.4) is 0 Å². The van der Waals surface area contributed by atoms with Crippen LogP contribution in [0.15, 0.2) is 81.2 Å². The second-order valence-corrected chi connectivity index (χ2v) is 9.71. The van der Waals surface area contributed by atoms with Crippen LogP contribution in [0.25, 0.3) is 22.3 Å². The van der Waals surface area contributed by atoms with Gasteiger partial charge in [-0.25, -0.2) is 8.42 Å². The van der Waals surface area contributed by atoms with Crippen LogP contribution in [0.5, 0.6) is 0 Å². The summed E-state index contributed by atoms with van der Waals surface area (Å²) in [6, 6.07) is 17.6. The van der Waals surface area contributed by atoms with Crippen molar-refractivity contribution in [2.45, 2.75) is 9.79 Å². The summed E-state index contributed by atoms with van der Waals surface area (Å²) in [6.45, 7) is 0.339. The molecule has 1 aliphatic rings. The van der Waals surface area contributed by atoms with E-state index in [2.05, 4.69) is 4.98 Å². The van der Waals surface area contributed by atoms with Crippen molar-refractivity contribution in [2.75, 3.05) is 16.6 Å². The minimum atomic E-state index is -3.78. The normalized spacial score (nSPS) is 13.8. The number of para-hydroxylation sites is 1. The van der Waals surface area contributed by atoms with E-state index in [1.807, 2.05) is 36.4 Å². The summed E-state index contributed by atoms with van der Waals surface area (Å²) in [4.78, 5) is 5.28. The zero-order chi connectivity index (χ0) is 20.7. The topological polar surface area (TPSA) is 87.2 Å². The molecule has 3 heterocycles. The minimum absolute atomic E-state index is 0.147. The third-order valence-corrected chi connectivity index (χ3v) is 7.88. The Bertz CT molecular complexity index is 1370. The Balaban J connectivity index is 1.61. The molecule has 0 saturated heterocycles. The monoisotopic (exact) mass is 433 g/mol. The van der Waals surface area contributed by atoms with Gasteiger partial charge in [0.2, 0.25) is 0 Å². The number of benzene rings is 2. The standard InChI is InChI=1S/C22H15N3O3S2/c23-12-15-5-7-17(8-6-15)30(26,27)25-9-10-29-22-18(13-24-14-19(22)25)21-11-16-3-1-2-4-20(16)28-21/h1-8,11,13-14H,9-10H2. The Kier molecular flexibility index (Phi) is 4.50. The summed E-state index contributed by atoms with van der Waals surface area (Å²) in [5, 5.41) is 9.95. The van der Waals surface area contributed by atoms with Crippen molar-refractivity contribution in [3.05, 3.63) is 72.6 Å². The molecule has 4 aromatic rings. The minimum Gasteiger partial charge on any atom is -0.456 e. The highest BCUT2D eigenvalue weighted by Crippen LogP contribution is 2.44. The molecule has 8 heteroatoms. The van der Waals surface area contributed by atoms with E-state index in [9.17, 15) is 8.42 Å². The summed E-state index contributed by atoms with van der Waals surface area (Å²) in [5.41, 5.74) is 2.49. The van der Waals surface area contributed by atoms with Gasteiger partial charge in [0.25, 0.3) is 10.0 Å². The fourth-order valence-corrected chi connectivity index (χ4v) is 6.22. The van der Waals surface area contributed by atoms with E-state index in [0.29, 0.717) is 29.3 Å². The van der Waals surface area contributed by atoms with Crippen LogP contribution in [0, 0.1) is 11.3 Å². The van der Waals surface area contributed by atoms with Crippen LogP contribution >= 0.6 is 11.8 Å². The zero-order valence-corrected chi connectivity index (χ0v) is 17.3. The van der Waals surface area contributed by atoms with Crippen molar-refractivity contribution in [1.29, 1.82) is 5.26 Å². The van der Waals surface area contributed by atoms with Gasteiger partial charge in [-0.2, -0.15) is 5.26 Å². The van der Waals surface area contributed by atoms with Crippen LogP contribution in [0.2, 0.25) is 0 Å². The lowest BCUT2D eigenvalue weighted by molar-refractivity contribution is 0.591. The van der Waals surface area contributed by atoms with Gasteiger partial charge in [0.15, 0.2) is 0 Å². The number of fused-ring (bicyclic) bond motifs is 2. The fraction of sp³-hybridized carbons (Fsp3) is 0.0909. The first-order valence-electron chi connectivity index (χ1n) is 9.20.